The van der Waals surface area contributed by atoms with Crippen LogP contribution < -0.4 is 5.32 Å². The molecule has 0 radical (unpaired) electrons. The molecule has 3 heterocycles. The van der Waals surface area contributed by atoms with Crippen LogP contribution in [0, 0.1) is 12.7 Å². The van der Waals surface area contributed by atoms with Crippen LogP contribution in [-0.4, -0.2) is 27.8 Å². The third-order valence-corrected chi connectivity index (χ3v) is 6.45. The van der Waals surface area contributed by atoms with Crippen LogP contribution in [-0.2, 0) is 16.1 Å². The highest BCUT2D eigenvalue weighted by Gasteiger charge is 2.22. The van der Waals surface area contributed by atoms with Crippen molar-refractivity contribution in [2.75, 3.05) is 0 Å². The summed E-state index contributed by atoms with van der Waals surface area (Å²) in [5.41, 5.74) is 1.43. The lowest BCUT2D eigenvalue weighted by molar-refractivity contribution is -0.129. The Balaban J connectivity index is 1.48. The smallest absolute Gasteiger partial charge is 0.349 e. The number of amides is 1. The second-order valence-corrected chi connectivity index (χ2v) is 8.71. The summed E-state index contributed by atoms with van der Waals surface area (Å²) >= 11 is 2.76. The fourth-order valence-electron chi connectivity index (χ4n) is 2.91. The predicted molar refractivity (Wildman–Crippen MR) is 115 cm³/mol. The highest BCUT2D eigenvalue weighted by Crippen LogP contribution is 2.31. The van der Waals surface area contributed by atoms with E-state index in [1.165, 1.54) is 23.5 Å². The van der Waals surface area contributed by atoms with Crippen molar-refractivity contribution in [1.29, 1.82) is 0 Å². The first-order valence-corrected chi connectivity index (χ1v) is 10.9. The zero-order valence-electron chi connectivity index (χ0n) is 16.2. The standard InChI is InChI=1S/C21H18FN3O3S2/c1-12-17-10-18(30-20(17)25(24-12)15-7-5-14(22)6-8-15)21(27)28-13(2)19(26)23-11-16-4-3-9-29-16/h3-10,13H,11H2,1-2H3,(H,23,26). The van der Waals surface area contributed by atoms with Crippen LogP contribution in [0.25, 0.3) is 15.9 Å². The lowest BCUT2D eigenvalue weighted by Crippen LogP contribution is -2.35. The maximum absolute atomic E-state index is 13.2. The van der Waals surface area contributed by atoms with E-state index in [0.29, 0.717) is 17.1 Å². The van der Waals surface area contributed by atoms with Gasteiger partial charge in [-0.1, -0.05) is 6.07 Å². The Morgan fingerprint density at radius 1 is 1.27 bits per heavy atom. The molecule has 0 aliphatic heterocycles. The van der Waals surface area contributed by atoms with Gasteiger partial charge >= 0.3 is 5.97 Å². The average molecular weight is 444 g/mol. The third-order valence-electron chi connectivity index (χ3n) is 4.49. The highest BCUT2D eigenvalue weighted by molar-refractivity contribution is 7.20. The molecule has 0 saturated carbocycles. The minimum absolute atomic E-state index is 0.333. The first-order chi connectivity index (χ1) is 14.4. The Kier molecular flexibility index (Phi) is 5.65. The number of benzene rings is 1. The highest BCUT2D eigenvalue weighted by atomic mass is 32.1. The van der Waals surface area contributed by atoms with Crippen molar-refractivity contribution < 1.29 is 18.7 Å². The number of aryl methyl sites for hydroxylation is 1. The van der Waals surface area contributed by atoms with Crippen LogP contribution in [0.4, 0.5) is 4.39 Å². The summed E-state index contributed by atoms with van der Waals surface area (Å²) in [5.74, 6) is -1.26. The van der Waals surface area contributed by atoms with Gasteiger partial charge in [0, 0.05) is 10.3 Å². The molecule has 6 nitrogen and oxygen atoms in total. The van der Waals surface area contributed by atoms with E-state index in [0.717, 1.165) is 20.8 Å². The first kappa shape index (κ1) is 20.2. The van der Waals surface area contributed by atoms with Gasteiger partial charge in [-0.2, -0.15) is 5.10 Å². The number of ether oxygens (including phenoxy) is 1. The number of thiophene rings is 2. The number of rotatable bonds is 6. The number of hydrogen-bond acceptors (Lipinski definition) is 6. The molecule has 30 heavy (non-hydrogen) atoms. The van der Waals surface area contributed by atoms with Crippen molar-refractivity contribution in [2.45, 2.75) is 26.5 Å². The van der Waals surface area contributed by atoms with E-state index in [1.807, 2.05) is 24.4 Å². The molecule has 1 atom stereocenters. The predicted octanol–water partition coefficient (Wildman–Crippen LogP) is 4.46. The van der Waals surface area contributed by atoms with Crippen LogP contribution in [0.5, 0.6) is 0 Å². The van der Waals surface area contributed by atoms with E-state index in [-0.39, 0.29) is 11.7 Å². The Labute approximate surface area is 179 Å². The molecule has 0 aliphatic rings. The minimum atomic E-state index is -0.919. The van der Waals surface area contributed by atoms with Gasteiger partial charge in [-0.05, 0) is 55.6 Å². The summed E-state index contributed by atoms with van der Waals surface area (Å²) < 4.78 is 20.3. The van der Waals surface area contributed by atoms with Gasteiger partial charge in [0.1, 0.15) is 15.5 Å². The van der Waals surface area contributed by atoms with Gasteiger partial charge in [0.25, 0.3) is 5.91 Å². The fraction of sp³-hybridized carbons (Fsp3) is 0.190. The number of carbonyl (C=O) groups is 2. The Morgan fingerprint density at radius 2 is 2.03 bits per heavy atom. The Morgan fingerprint density at radius 3 is 2.73 bits per heavy atom. The zero-order chi connectivity index (χ0) is 21.3. The molecule has 1 aromatic carbocycles. The number of hydrogen-bond donors (Lipinski definition) is 1. The van der Waals surface area contributed by atoms with Gasteiger partial charge in [-0.15, -0.1) is 22.7 Å². The molecule has 0 saturated heterocycles. The van der Waals surface area contributed by atoms with Crippen molar-refractivity contribution in [2.24, 2.45) is 0 Å². The van der Waals surface area contributed by atoms with E-state index in [4.69, 9.17) is 4.74 Å². The zero-order valence-corrected chi connectivity index (χ0v) is 17.8. The van der Waals surface area contributed by atoms with Crippen LogP contribution >= 0.6 is 22.7 Å². The first-order valence-electron chi connectivity index (χ1n) is 9.18. The number of carbonyl (C=O) groups excluding carboxylic acids is 2. The lowest BCUT2D eigenvalue weighted by Gasteiger charge is -2.12. The number of esters is 1. The molecule has 0 fully saturated rings. The molecule has 1 N–H and O–H groups in total. The fourth-order valence-corrected chi connectivity index (χ4v) is 4.62. The molecule has 154 valence electrons. The van der Waals surface area contributed by atoms with Gasteiger partial charge in [-0.3, -0.25) is 4.79 Å². The molecule has 1 unspecified atom stereocenters. The van der Waals surface area contributed by atoms with Crippen molar-refractivity contribution >= 4 is 44.8 Å². The number of nitrogens with one attached hydrogen (secondary N) is 1. The maximum atomic E-state index is 13.2. The van der Waals surface area contributed by atoms with Gasteiger partial charge in [0.05, 0.1) is 17.9 Å². The van der Waals surface area contributed by atoms with E-state index in [2.05, 4.69) is 10.4 Å². The largest absolute Gasteiger partial charge is 0.448 e. The van der Waals surface area contributed by atoms with Gasteiger partial charge < -0.3 is 10.1 Å². The van der Waals surface area contributed by atoms with Crippen LogP contribution in [0.15, 0.2) is 47.8 Å². The Hall–Kier alpha value is -3.04. The van der Waals surface area contributed by atoms with Crippen LogP contribution in [0.1, 0.15) is 27.2 Å². The van der Waals surface area contributed by atoms with Gasteiger partial charge in [0.2, 0.25) is 0 Å². The van der Waals surface area contributed by atoms with Gasteiger partial charge in [-0.25, -0.2) is 13.9 Å². The molecule has 4 aromatic rings. The topological polar surface area (TPSA) is 73.2 Å². The van der Waals surface area contributed by atoms with E-state index in [9.17, 15) is 14.0 Å². The molecule has 0 bridgehead atoms. The van der Waals surface area contributed by atoms with Crippen LogP contribution in [0.3, 0.4) is 0 Å². The van der Waals surface area contributed by atoms with Crippen molar-refractivity contribution in [1.82, 2.24) is 15.1 Å². The second-order valence-electron chi connectivity index (χ2n) is 6.65. The summed E-state index contributed by atoms with van der Waals surface area (Å²) in [6.07, 6.45) is -0.919. The summed E-state index contributed by atoms with van der Waals surface area (Å²) in [4.78, 5) is 27.0. The molecule has 9 heteroatoms. The Bertz CT molecular complexity index is 1200. The lowest BCUT2D eigenvalue weighted by atomic mass is 10.3. The molecular formula is C21H18FN3O3S2. The summed E-state index contributed by atoms with van der Waals surface area (Å²) in [7, 11) is 0. The average Bonchev–Trinajstić information content (AvgIpc) is 3.45. The maximum Gasteiger partial charge on any atom is 0.349 e. The molecule has 0 spiro atoms. The van der Waals surface area contributed by atoms with Gasteiger partial charge in [0.15, 0.2) is 6.10 Å². The number of aromatic nitrogens is 2. The van der Waals surface area contributed by atoms with Crippen LogP contribution in [0.2, 0.25) is 0 Å². The normalized spacial score (nSPS) is 12.1. The van der Waals surface area contributed by atoms with E-state index in [1.54, 1.807) is 41.1 Å². The van der Waals surface area contributed by atoms with E-state index >= 15 is 0 Å². The summed E-state index contributed by atoms with van der Waals surface area (Å²) in [6.45, 7) is 3.78. The number of fused-ring (bicyclic) bond motifs is 1. The third kappa shape index (κ3) is 4.12. The quantitative estimate of drug-likeness (QED) is 0.447. The van der Waals surface area contributed by atoms with E-state index < -0.39 is 12.1 Å². The summed E-state index contributed by atoms with van der Waals surface area (Å²) in [5, 5.41) is 9.98. The van der Waals surface area contributed by atoms with Crippen molar-refractivity contribution in [3.63, 3.8) is 0 Å². The monoisotopic (exact) mass is 443 g/mol. The molecule has 0 aliphatic carbocycles. The molecule has 3 aromatic heterocycles. The second kappa shape index (κ2) is 8.37. The molecule has 4 rings (SSSR count). The molecule has 1 amide bonds. The number of nitrogens with zero attached hydrogens (tertiary/aromatic N) is 2. The molecular weight excluding hydrogens is 425 g/mol. The minimum Gasteiger partial charge on any atom is -0.448 e. The van der Waals surface area contributed by atoms with Crippen molar-refractivity contribution in [3.05, 3.63) is 69.1 Å². The SMILES string of the molecule is Cc1nn(-c2ccc(F)cc2)c2sc(C(=O)OC(C)C(=O)NCc3cccs3)cc12. The number of halogens is 1. The summed E-state index contributed by atoms with van der Waals surface area (Å²) in [6, 6.07) is 11.5. The van der Waals surface area contributed by atoms with Crippen molar-refractivity contribution in [3.8, 4) is 5.69 Å².